The lowest BCUT2D eigenvalue weighted by Gasteiger charge is -2.36. The molecule has 1 amide bonds. The summed E-state index contributed by atoms with van der Waals surface area (Å²) < 4.78 is 4.57. The van der Waals surface area contributed by atoms with Crippen molar-refractivity contribution in [3.05, 3.63) is 30.3 Å². The Balaban J connectivity index is 1.70. The summed E-state index contributed by atoms with van der Waals surface area (Å²) in [5.41, 5.74) is 1.25. The topological polar surface area (TPSA) is 53.1 Å². The Kier molecular flexibility index (Phi) is 6.40. The van der Waals surface area contributed by atoms with Gasteiger partial charge >= 0.3 is 5.97 Å². The number of rotatable bonds is 6. The highest BCUT2D eigenvalue weighted by atomic mass is 16.5. The van der Waals surface area contributed by atoms with E-state index in [9.17, 15) is 9.59 Å². The van der Waals surface area contributed by atoms with Crippen LogP contribution < -0.4 is 4.90 Å². The number of methoxy groups -OCH3 is 1. The third-order valence-corrected chi connectivity index (χ3v) is 4.16. The van der Waals surface area contributed by atoms with Crippen LogP contribution >= 0.6 is 0 Å². The molecule has 1 heterocycles. The van der Waals surface area contributed by atoms with Crippen LogP contribution in [0.15, 0.2) is 30.3 Å². The lowest BCUT2D eigenvalue weighted by Crippen LogP contribution is -2.47. The molecular formula is C17H25N3O3. The lowest BCUT2D eigenvalue weighted by atomic mass is 10.2. The van der Waals surface area contributed by atoms with Crippen LogP contribution in [0.25, 0.3) is 0 Å². The number of benzene rings is 1. The quantitative estimate of drug-likeness (QED) is 0.727. The van der Waals surface area contributed by atoms with Crippen LogP contribution in [-0.2, 0) is 14.3 Å². The van der Waals surface area contributed by atoms with E-state index in [1.165, 1.54) is 17.7 Å². The van der Waals surface area contributed by atoms with Gasteiger partial charge in [-0.1, -0.05) is 18.2 Å². The second-order valence-electron chi connectivity index (χ2n) is 5.74. The van der Waals surface area contributed by atoms with Gasteiger partial charge in [-0.25, -0.2) is 0 Å². The summed E-state index contributed by atoms with van der Waals surface area (Å²) in [6.07, 6.45) is 0.429. The maximum atomic E-state index is 12.0. The Morgan fingerprint density at radius 1 is 1.13 bits per heavy atom. The summed E-state index contributed by atoms with van der Waals surface area (Å²) in [6, 6.07) is 10.4. The summed E-state index contributed by atoms with van der Waals surface area (Å²) in [4.78, 5) is 29.3. The van der Waals surface area contributed by atoms with E-state index in [0.29, 0.717) is 6.42 Å². The molecule has 0 unspecified atom stereocenters. The molecule has 23 heavy (non-hydrogen) atoms. The van der Waals surface area contributed by atoms with Crippen molar-refractivity contribution in [3.8, 4) is 0 Å². The molecular weight excluding hydrogens is 294 g/mol. The van der Waals surface area contributed by atoms with Crippen molar-refractivity contribution in [2.24, 2.45) is 0 Å². The number of amides is 1. The molecule has 126 valence electrons. The Labute approximate surface area is 137 Å². The first kappa shape index (κ1) is 17.3. The maximum Gasteiger partial charge on any atom is 0.325 e. The molecule has 0 N–H and O–H groups in total. The highest BCUT2D eigenvalue weighted by Gasteiger charge is 2.19. The molecule has 0 saturated carbocycles. The van der Waals surface area contributed by atoms with Crippen molar-refractivity contribution in [1.82, 2.24) is 9.80 Å². The number of likely N-dealkylation sites (N-methyl/N-ethyl adjacent to an activating group) is 1. The molecule has 0 spiro atoms. The fraction of sp³-hybridized carbons (Fsp3) is 0.529. The lowest BCUT2D eigenvalue weighted by molar-refractivity contribution is -0.146. The van der Waals surface area contributed by atoms with E-state index in [4.69, 9.17) is 0 Å². The van der Waals surface area contributed by atoms with E-state index in [1.54, 1.807) is 7.05 Å². The summed E-state index contributed by atoms with van der Waals surface area (Å²) in [5, 5.41) is 0. The Morgan fingerprint density at radius 2 is 1.78 bits per heavy atom. The van der Waals surface area contributed by atoms with Crippen LogP contribution in [0.5, 0.6) is 0 Å². The van der Waals surface area contributed by atoms with Gasteiger partial charge in [-0.05, 0) is 12.1 Å². The molecule has 6 nitrogen and oxygen atoms in total. The number of carbonyl (C=O) groups excluding carboxylic acids is 2. The monoisotopic (exact) mass is 319 g/mol. The SMILES string of the molecule is COC(=O)CN(C)C(=O)CCN1CCN(c2ccccc2)CC1. The van der Waals surface area contributed by atoms with E-state index in [2.05, 4.69) is 38.8 Å². The number of nitrogens with zero attached hydrogens (tertiary/aromatic N) is 3. The van der Waals surface area contributed by atoms with E-state index in [1.807, 2.05) is 6.07 Å². The molecule has 1 aromatic rings. The number of piperazine rings is 1. The van der Waals surface area contributed by atoms with Crippen LogP contribution in [0.4, 0.5) is 5.69 Å². The summed E-state index contributed by atoms with van der Waals surface area (Å²) in [5.74, 6) is -0.418. The molecule has 1 aliphatic rings. The predicted octanol–water partition coefficient (Wildman–Crippen LogP) is 0.830. The van der Waals surface area contributed by atoms with Crippen molar-refractivity contribution in [2.75, 3.05) is 58.3 Å². The normalized spacial score (nSPS) is 15.3. The van der Waals surface area contributed by atoms with Gasteiger partial charge in [0.25, 0.3) is 0 Å². The number of carbonyl (C=O) groups is 2. The number of hydrogen-bond acceptors (Lipinski definition) is 5. The molecule has 1 fully saturated rings. The van der Waals surface area contributed by atoms with Gasteiger partial charge in [0.1, 0.15) is 6.54 Å². The van der Waals surface area contributed by atoms with Crippen LogP contribution in [0.1, 0.15) is 6.42 Å². The first-order chi connectivity index (χ1) is 11.1. The minimum Gasteiger partial charge on any atom is -0.468 e. The fourth-order valence-electron chi connectivity index (χ4n) is 2.66. The molecule has 0 atom stereocenters. The maximum absolute atomic E-state index is 12.0. The van der Waals surface area contributed by atoms with Gasteiger partial charge in [0.2, 0.25) is 5.91 Å². The van der Waals surface area contributed by atoms with Gasteiger partial charge < -0.3 is 14.5 Å². The van der Waals surface area contributed by atoms with Crippen molar-refractivity contribution < 1.29 is 14.3 Å². The first-order valence-corrected chi connectivity index (χ1v) is 7.93. The Bertz CT molecular complexity index is 513. The third-order valence-electron chi connectivity index (χ3n) is 4.16. The van der Waals surface area contributed by atoms with Crippen molar-refractivity contribution in [1.29, 1.82) is 0 Å². The van der Waals surface area contributed by atoms with E-state index in [0.717, 1.165) is 32.7 Å². The fourth-order valence-corrected chi connectivity index (χ4v) is 2.66. The smallest absolute Gasteiger partial charge is 0.325 e. The number of anilines is 1. The van der Waals surface area contributed by atoms with E-state index < -0.39 is 5.97 Å². The average Bonchev–Trinajstić information content (AvgIpc) is 2.60. The van der Waals surface area contributed by atoms with Crippen molar-refractivity contribution >= 4 is 17.6 Å². The zero-order valence-corrected chi connectivity index (χ0v) is 13.9. The molecule has 6 heteroatoms. The molecule has 0 radical (unpaired) electrons. The second kappa shape index (κ2) is 8.53. The highest BCUT2D eigenvalue weighted by molar-refractivity contribution is 5.81. The van der Waals surface area contributed by atoms with Gasteiger partial charge in [-0.3, -0.25) is 14.5 Å². The molecule has 2 rings (SSSR count). The van der Waals surface area contributed by atoms with Crippen molar-refractivity contribution in [2.45, 2.75) is 6.42 Å². The number of hydrogen-bond donors (Lipinski definition) is 0. The third kappa shape index (κ3) is 5.25. The highest BCUT2D eigenvalue weighted by Crippen LogP contribution is 2.15. The van der Waals surface area contributed by atoms with Crippen LogP contribution in [-0.4, -0.2) is 75.1 Å². The Hall–Kier alpha value is -2.08. The number of esters is 1. The zero-order chi connectivity index (χ0) is 16.7. The van der Waals surface area contributed by atoms with Crippen molar-refractivity contribution in [3.63, 3.8) is 0 Å². The molecule has 1 aliphatic heterocycles. The standard InChI is InChI=1S/C17H25N3O3/c1-18(14-17(22)23-2)16(21)8-9-19-10-12-20(13-11-19)15-6-4-3-5-7-15/h3-7H,8-14H2,1-2H3. The zero-order valence-electron chi connectivity index (χ0n) is 13.9. The average molecular weight is 319 g/mol. The van der Waals surface area contributed by atoms with Gasteiger partial charge in [0.05, 0.1) is 7.11 Å². The molecule has 1 saturated heterocycles. The van der Waals surface area contributed by atoms with Crippen LogP contribution in [0.3, 0.4) is 0 Å². The summed E-state index contributed by atoms with van der Waals surface area (Å²) in [6.45, 7) is 4.57. The molecule has 0 aliphatic carbocycles. The molecule has 0 aromatic heterocycles. The first-order valence-electron chi connectivity index (χ1n) is 7.93. The minimum atomic E-state index is -0.391. The summed E-state index contributed by atoms with van der Waals surface area (Å²) >= 11 is 0. The van der Waals surface area contributed by atoms with E-state index >= 15 is 0 Å². The van der Waals surface area contributed by atoms with Gasteiger partial charge in [0.15, 0.2) is 0 Å². The van der Waals surface area contributed by atoms with E-state index in [-0.39, 0.29) is 12.5 Å². The van der Waals surface area contributed by atoms with Crippen LogP contribution in [0.2, 0.25) is 0 Å². The minimum absolute atomic E-state index is 0.0110. The van der Waals surface area contributed by atoms with Crippen LogP contribution in [0, 0.1) is 0 Å². The predicted molar refractivity (Wildman–Crippen MR) is 89.4 cm³/mol. The number of ether oxygens (including phenoxy) is 1. The van der Waals surface area contributed by atoms with Gasteiger partial charge in [-0.15, -0.1) is 0 Å². The molecule has 1 aromatic carbocycles. The molecule has 0 bridgehead atoms. The number of para-hydroxylation sites is 1. The van der Waals surface area contributed by atoms with Gasteiger partial charge in [0, 0.05) is 51.9 Å². The second-order valence-corrected chi connectivity index (χ2v) is 5.74. The Morgan fingerprint density at radius 3 is 2.39 bits per heavy atom. The largest absolute Gasteiger partial charge is 0.468 e. The van der Waals surface area contributed by atoms with Gasteiger partial charge in [-0.2, -0.15) is 0 Å². The summed E-state index contributed by atoms with van der Waals surface area (Å²) in [7, 11) is 2.96.